The Labute approximate surface area is 217 Å². The van der Waals surface area contributed by atoms with Crippen molar-refractivity contribution < 1.29 is 27.7 Å². The van der Waals surface area contributed by atoms with E-state index in [2.05, 4.69) is 21.9 Å². The summed E-state index contributed by atoms with van der Waals surface area (Å²) in [6.07, 6.45) is 4.82. The van der Waals surface area contributed by atoms with Crippen LogP contribution >= 0.6 is 0 Å². The number of halogens is 2. The van der Waals surface area contributed by atoms with E-state index < -0.39 is 12.9 Å². The van der Waals surface area contributed by atoms with E-state index in [4.69, 9.17) is 25.2 Å². The first kappa shape index (κ1) is 29.8. The first-order chi connectivity index (χ1) is 17.9. The minimum absolute atomic E-state index is 0.0171. The van der Waals surface area contributed by atoms with E-state index >= 15 is 0 Å². The second-order valence-corrected chi connectivity index (χ2v) is 8.51. The smallest absolute Gasteiger partial charge is 0.387 e. The Bertz CT molecular complexity index is 998. The summed E-state index contributed by atoms with van der Waals surface area (Å²) in [5, 5.41) is 8.92. The molecule has 0 aliphatic heterocycles. The molecule has 2 aromatic carbocycles. The van der Waals surface area contributed by atoms with Gasteiger partial charge < -0.3 is 29.6 Å². The summed E-state index contributed by atoms with van der Waals surface area (Å²) in [5.41, 5.74) is 8.09. The molecule has 0 aromatic heterocycles. The number of aryl methyl sites for hydroxylation is 1. The van der Waals surface area contributed by atoms with Gasteiger partial charge in [0.25, 0.3) is 0 Å². The number of rotatable bonds is 16. The van der Waals surface area contributed by atoms with Gasteiger partial charge in [0.1, 0.15) is 0 Å². The van der Waals surface area contributed by atoms with Crippen LogP contribution < -0.4 is 15.2 Å². The minimum atomic E-state index is -2.96. The monoisotopic (exact) mass is 518 g/mol. The SMILES string of the molecule is COC(CN(CC(C)c1ccc(OC(F)F)c(OCCCCCc2ccccc2)c1)C(N)=NC#N)OC. The van der Waals surface area contributed by atoms with E-state index in [0.29, 0.717) is 13.2 Å². The maximum atomic E-state index is 13.0. The van der Waals surface area contributed by atoms with Gasteiger partial charge in [0.05, 0.1) is 13.2 Å². The molecule has 0 amide bonds. The summed E-state index contributed by atoms with van der Waals surface area (Å²) >= 11 is 0. The number of alkyl halides is 2. The summed E-state index contributed by atoms with van der Waals surface area (Å²) in [6.45, 7) is -0.0308. The fraction of sp³-hybridized carbons (Fsp3) is 0.481. The highest BCUT2D eigenvalue weighted by Crippen LogP contribution is 2.33. The number of benzene rings is 2. The molecule has 2 rings (SSSR count). The molecule has 0 saturated carbocycles. The van der Waals surface area contributed by atoms with Crippen molar-refractivity contribution in [3.63, 3.8) is 0 Å². The molecule has 1 unspecified atom stereocenters. The Morgan fingerprint density at radius 1 is 1.03 bits per heavy atom. The predicted molar refractivity (Wildman–Crippen MR) is 138 cm³/mol. The Morgan fingerprint density at radius 2 is 1.76 bits per heavy atom. The average Bonchev–Trinajstić information content (AvgIpc) is 2.89. The summed E-state index contributed by atoms with van der Waals surface area (Å²) in [5.74, 6) is 0.134. The van der Waals surface area contributed by atoms with Gasteiger partial charge in [0.2, 0.25) is 12.2 Å². The summed E-state index contributed by atoms with van der Waals surface area (Å²) in [7, 11) is 3.00. The van der Waals surface area contributed by atoms with Crippen LogP contribution in [-0.4, -0.2) is 57.7 Å². The number of methoxy groups -OCH3 is 2. The number of nitrogens with zero attached hydrogens (tertiary/aromatic N) is 3. The zero-order valence-corrected chi connectivity index (χ0v) is 21.6. The number of hydrogen-bond acceptors (Lipinski definition) is 6. The van der Waals surface area contributed by atoms with Crippen molar-refractivity contribution in [1.29, 1.82) is 5.26 Å². The molecule has 8 nitrogen and oxygen atoms in total. The predicted octanol–water partition coefficient (Wildman–Crippen LogP) is 4.90. The fourth-order valence-electron chi connectivity index (χ4n) is 3.82. The number of nitrogens with two attached hydrogens (primary N) is 1. The lowest BCUT2D eigenvalue weighted by Crippen LogP contribution is -2.44. The molecular formula is C27H36F2N4O4. The molecule has 2 N–H and O–H groups in total. The third kappa shape index (κ3) is 10.6. The summed E-state index contributed by atoms with van der Waals surface area (Å²) in [6, 6.07) is 15.1. The average molecular weight is 519 g/mol. The highest BCUT2D eigenvalue weighted by atomic mass is 19.3. The van der Waals surface area contributed by atoms with Crippen LogP contribution in [0.2, 0.25) is 0 Å². The van der Waals surface area contributed by atoms with E-state index in [1.807, 2.05) is 25.1 Å². The lowest BCUT2D eigenvalue weighted by Gasteiger charge is -2.29. The number of aliphatic imine (C=N–C) groups is 1. The van der Waals surface area contributed by atoms with Gasteiger partial charge in [-0.05, 0) is 54.9 Å². The Kier molecular flexibility index (Phi) is 13.2. The van der Waals surface area contributed by atoms with Gasteiger partial charge >= 0.3 is 6.61 Å². The van der Waals surface area contributed by atoms with Crippen LogP contribution in [0.15, 0.2) is 53.5 Å². The fourth-order valence-corrected chi connectivity index (χ4v) is 3.82. The number of nitriles is 1. The number of ether oxygens (including phenoxy) is 4. The van der Waals surface area contributed by atoms with Crippen molar-refractivity contribution in [2.45, 2.75) is 51.4 Å². The third-order valence-corrected chi connectivity index (χ3v) is 5.84. The quantitative estimate of drug-likeness (QED) is 0.111. The van der Waals surface area contributed by atoms with Gasteiger partial charge in [0, 0.05) is 20.8 Å². The molecule has 0 bridgehead atoms. The maximum Gasteiger partial charge on any atom is 0.387 e. The second kappa shape index (κ2) is 16.3. The van der Waals surface area contributed by atoms with Gasteiger partial charge in [-0.3, -0.25) is 0 Å². The van der Waals surface area contributed by atoms with Crippen molar-refractivity contribution >= 4 is 5.96 Å². The molecule has 202 valence electrons. The molecule has 2 aromatic rings. The van der Waals surface area contributed by atoms with E-state index in [9.17, 15) is 8.78 Å². The van der Waals surface area contributed by atoms with Crippen LogP contribution in [-0.2, 0) is 15.9 Å². The second-order valence-electron chi connectivity index (χ2n) is 8.51. The van der Waals surface area contributed by atoms with Crippen LogP contribution in [0.25, 0.3) is 0 Å². The summed E-state index contributed by atoms with van der Waals surface area (Å²) in [4.78, 5) is 5.30. The Hall–Kier alpha value is -3.42. The molecule has 0 spiro atoms. The maximum absolute atomic E-state index is 13.0. The molecule has 10 heteroatoms. The molecule has 0 saturated heterocycles. The van der Waals surface area contributed by atoms with Crippen molar-refractivity contribution in [2.75, 3.05) is 33.9 Å². The molecule has 0 heterocycles. The van der Waals surface area contributed by atoms with E-state index in [0.717, 1.165) is 31.2 Å². The molecular weight excluding hydrogens is 482 g/mol. The van der Waals surface area contributed by atoms with Gasteiger partial charge in [-0.15, -0.1) is 4.99 Å². The molecule has 0 aliphatic rings. The zero-order valence-electron chi connectivity index (χ0n) is 21.6. The van der Waals surface area contributed by atoms with Gasteiger partial charge in [-0.1, -0.05) is 43.3 Å². The zero-order chi connectivity index (χ0) is 27.0. The van der Waals surface area contributed by atoms with Crippen LogP contribution in [0.1, 0.15) is 43.2 Å². The molecule has 0 radical (unpaired) electrons. The van der Waals surface area contributed by atoms with Crippen molar-refractivity contribution in [1.82, 2.24) is 4.90 Å². The van der Waals surface area contributed by atoms with Crippen molar-refractivity contribution in [3.8, 4) is 17.7 Å². The highest BCUT2D eigenvalue weighted by molar-refractivity contribution is 5.79. The Balaban J connectivity index is 2.04. The van der Waals surface area contributed by atoms with E-state index in [1.165, 1.54) is 25.8 Å². The number of guanidine groups is 1. The van der Waals surface area contributed by atoms with Crippen molar-refractivity contribution in [2.24, 2.45) is 10.7 Å². The minimum Gasteiger partial charge on any atom is -0.490 e. The normalized spacial score (nSPS) is 12.4. The van der Waals surface area contributed by atoms with Gasteiger partial charge in [0.15, 0.2) is 17.8 Å². The molecule has 1 atom stereocenters. The first-order valence-corrected chi connectivity index (χ1v) is 12.2. The largest absolute Gasteiger partial charge is 0.490 e. The lowest BCUT2D eigenvalue weighted by atomic mass is 10.00. The number of unbranched alkanes of at least 4 members (excludes halogenated alkanes) is 2. The molecule has 0 fully saturated rings. The standard InChI is InChI=1S/C27H36F2N4O4/c1-20(17-33(27(31)32-19-30)18-25(34-2)35-3)22-13-14-23(37-26(28)29)24(16-22)36-15-9-5-8-12-21-10-6-4-7-11-21/h4,6-7,10-11,13-14,16,20,25-26H,5,8-9,12,15,17-18H2,1-3H3,(H2,31,32). The first-order valence-electron chi connectivity index (χ1n) is 12.2. The van der Waals surface area contributed by atoms with Crippen LogP contribution in [0, 0.1) is 11.5 Å². The van der Waals surface area contributed by atoms with Gasteiger partial charge in [-0.2, -0.15) is 14.0 Å². The Morgan fingerprint density at radius 3 is 2.41 bits per heavy atom. The van der Waals surface area contributed by atoms with Crippen LogP contribution in [0.5, 0.6) is 11.5 Å². The van der Waals surface area contributed by atoms with Gasteiger partial charge in [-0.25, -0.2) is 0 Å². The van der Waals surface area contributed by atoms with Crippen LogP contribution in [0.3, 0.4) is 0 Å². The highest BCUT2D eigenvalue weighted by Gasteiger charge is 2.20. The van der Waals surface area contributed by atoms with Crippen molar-refractivity contribution in [3.05, 3.63) is 59.7 Å². The number of hydrogen-bond donors (Lipinski definition) is 1. The summed E-state index contributed by atoms with van der Waals surface area (Å²) < 4.78 is 47.0. The van der Waals surface area contributed by atoms with E-state index in [-0.39, 0.29) is 29.9 Å². The molecule has 37 heavy (non-hydrogen) atoms. The van der Waals surface area contributed by atoms with Crippen LogP contribution in [0.4, 0.5) is 8.78 Å². The van der Waals surface area contributed by atoms with E-state index in [1.54, 1.807) is 23.2 Å². The topological polar surface area (TPSA) is 102 Å². The molecule has 0 aliphatic carbocycles. The lowest BCUT2D eigenvalue weighted by molar-refractivity contribution is -0.109. The third-order valence-electron chi connectivity index (χ3n) is 5.84.